The first kappa shape index (κ1) is 15.7. The monoisotopic (exact) mass is 328 g/mol. The zero-order valence-corrected chi connectivity index (χ0v) is 12.4. The summed E-state index contributed by atoms with van der Waals surface area (Å²) in [5.74, 6) is -2.71. The maximum atomic E-state index is 13.7. The number of para-hydroxylation sites is 1. The molecule has 24 heavy (non-hydrogen) atoms. The summed E-state index contributed by atoms with van der Waals surface area (Å²) in [5.41, 5.74) is 0.283. The second kappa shape index (κ2) is 6.11. The van der Waals surface area contributed by atoms with Crippen LogP contribution in [-0.4, -0.2) is 28.9 Å². The van der Waals surface area contributed by atoms with Gasteiger partial charge in [0.05, 0.1) is 23.4 Å². The number of carbonyl (C=O) groups is 3. The maximum Gasteiger partial charge on any atom is 0.335 e. The minimum Gasteiger partial charge on any atom is -0.478 e. The molecule has 0 radical (unpaired) electrons. The summed E-state index contributed by atoms with van der Waals surface area (Å²) in [6.07, 6.45) is -0.134. The van der Waals surface area contributed by atoms with E-state index in [1.807, 2.05) is 0 Å². The Morgan fingerprint density at radius 1 is 1.17 bits per heavy atom. The number of imide groups is 1. The highest BCUT2D eigenvalue weighted by Crippen LogP contribution is 2.26. The lowest BCUT2D eigenvalue weighted by Gasteiger charge is -2.16. The van der Waals surface area contributed by atoms with E-state index in [0.29, 0.717) is 0 Å². The molecule has 0 aromatic heterocycles. The molecule has 1 heterocycles. The number of hydrogen-bond donors (Lipinski definition) is 2. The lowest BCUT2D eigenvalue weighted by molar-refractivity contribution is -0.121. The van der Waals surface area contributed by atoms with Crippen molar-refractivity contribution < 1.29 is 23.9 Å². The van der Waals surface area contributed by atoms with Crippen LogP contribution in [0.25, 0.3) is 0 Å². The topological polar surface area (TPSA) is 86.7 Å². The van der Waals surface area contributed by atoms with Crippen molar-refractivity contribution in [2.24, 2.45) is 0 Å². The number of aromatic carboxylic acids is 1. The fourth-order valence-corrected chi connectivity index (χ4v) is 2.56. The van der Waals surface area contributed by atoms with E-state index in [1.54, 1.807) is 6.07 Å². The molecule has 6 nitrogen and oxygen atoms in total. The Balaban J connectivity index is 1.86. The summed E-state index contributed by atoms with van der Waals surface area (Å²) in [5, 5.41) is 11.7. The maximum absolute atomic E-state index is 13.7. The molecule has 0 spiro atoms. The van der Waals surface area contributed by atoms with Gasteiger partial charge in [0.15, 0.2) is 0 Å². The van der Waals surface area contributed by atoms with Gasteiger partial charge in [-0.1, -0.05) is 18.2 Å². The number of amides is 2. The third-order valence-electron chi connectivity index (χ3n) is 3.70. The average molecular weight is 328 g/mol. The number of nitrogens with zero attached hydrogens (tertiary/aromatic N) is 1. The van der Waals surface area contributed by atoms with Gasteiger partial charge in [0.2, 0.25) is 5.91 Å². The van der Waals surface area contributed by atoms with Crippen LogP contribution < -0.4 is 10.2 Å². The van der Waals surface area contributed by atoms with E-state index < -0.39 is 29.6 Å². The van der Waals surface area contributed by atoms with Gasteiger partial charge in [0, 0.05) is 0 Å². The van der Waals surface area contributed by atoms with Gasteiger partial charge >= 0.3 is 5.97 Å². The van der Waals surface area contributed by atoms with Crippen molar-refractivity contribution in [3.8, 4) is 0 Å². The molecule has 2 aromatic carbocycles. The van der Waals surface area contributed by atoms with E-state index in [1.165, 1.54) is 42.5 Å². The molecule has 1 aliphatic heterocycles. The van der Waals surface area contributed by atoms with Crippen LogP contribution in [0.4, 0.5) is 15.8 Å². The molecule has 0 unspecified atom stereocenters. The van der Waals surface area contributed by atoms with E-state index in [2.05, 4.69) is 5.32 Å². The van der Waals surface area contributed by atoms with Crippen molar-refractivity contribution in [2.75, 3.05) is 10.2 Å². The Hall–Kier alpha value is -3.22. The van der Waals surface area contributed by atoms with Crippen molar-refractivity contribution in [3.63, 3.8) is 0 Å². The Morgan fingerprint density at radius 2 is 1.92 bits per heavy atom. The van der Waals surface area contributed by atoms with Gasteiger partial charge in [0.25, 0.3) is 5.91 Å². The summed E-state index contributed by atoms with van der Waals surface area (Å²) >= 11 is 0. The van der Waals surface area contributed by atoms with Crippen LogP contribution >= 0.6 is 0 Å². The number of anilines is 2. The molecule has 7 heteroatoms. The van der Waals surface area contributed by atoms with Crippen molar-refractivity contribution in [1.82, 2.24) is 0 Å². The molecule has 1 fully saturated rings. The zero-order valence-electron chi connectivity index (χ0n) is 12.4. The molecule has 1 saturated heterocycles. The van der Waals surface area contributed by atoms with Crippen molar-refractivity contribution in [3.05, 3.63) is 59.9 Å². The number of carbonyl (C=O) groups excluding carboxylic acids is 2. The molecule has 1 aliphatic rings. The minimum atomic E-state index is -1.16. The quantitative estimate of drug-likeness (QED) is 0.841. The van der Waals surface area contributed by atoms with Gasteiger partial charge in [-0.25, -0.2) is 14.1 Å². The highest BCUT2D eigenvalue weighted by molar-refractivity contribution is 6.23. The van der Waals surface area contributed by atoms with E-state index in [9.17, 15) is 18.8 Å². The molecule has 0 bridgehead atoms. The van der Waals surface area contributed by atoms with Gasteiger partial charge < -0.3 is 10.4 Å². The number of carboxylic acid groups (broad SMARTS) is 1. The molecule has 3 rings (SSSR count). The molecule has 2 aromatic rings. The number of benzene rings is 2. The number of nitrogens with one attached hydrogen (secondary N) is 1. The van der Waals surface area contributed by atoms with E-state index in [4.69, 9.17) is 5.11 Å². The molecule has 1 atom stereocenters. The van der Waals surface area contributed by atoms with Crippen LogP contribution in [-0.2, 0) is 9.59 Å². The highest BCUT2D eigenvalue weighted by Gasteiger charge is 2.40. The second-order valence-corrected chi connectivity index (χ2v) is 5.30. The summed E-state index contributed by atoms with van der Waals surface area (Å²) in [6.45, 7) is 0. The van der Waals surface area contributed by atoms with E-state index >= 15 is 0 Å². The average Bonchev–Trinajstić information content (AvgIpc) is 2.83. The van der Waals surface area contributed by atoms with Crippen LogP contribution in [0.1, 0.15) is 16.8 Å². The van der Waals surface area contributed by atoms with Gasteiger partial charge in [0.1, 0.15) is 11.9 Å². The summed E-state index contributed by atoms with van der Waals surface area (Å²) in [6, 6.07) is 10.5. The predicted molar refractivity (Wildman–Crippen MR) is 84.3 cm³/mol. The summed E-state index contributed by atoms with van der Waals surface area (Å²) < 4.78 is 13.7. The molecular formula is C17H13FN2O4. The van der Waals surface area contributed by atoms with Gasteiger partial charge in [-0.3, -0.25) is 9.59 Å². The molecule has 122 valence electrons. The number of hydrogen-bond acceptors (Lipinski definition) is 4. The molecule has 0 aliphatic carbocycles. The van der Waals surface area contributed by atoms with Crippen LogP contribution in [0.2, 0.25) is 0 Å². The first-order chi connectivity index (χ1) is 11.5. The van der Waals surface area contributed by atoms with Crippen molar-refractivity contribution in [1.29, 1.82) is 0 Å². The van der Waals surface area contributed by atoms with E-state index in [0.717, 1.165) is 4.90 Å². The Kier molecular flexibility index (Phi) is 3.99. The lowest BCUT2D eigenvalue weighted by atomic mass is 10.2. The summed E-state index contributed by atoms with van der Waals surface area (Å²) in [4.78, 5) is 36.6. The largest absolute Gasteiger partial charge is 0.478 e. The summed E-state index contributed by atoms with van der Waals surface area (Å²) in [7, 11) is 0. The highest BCUT2D eigenvalue weighted by atomic mass is 19.1. The number of halogens is 1. The third-order valence-corrected chi connectivity index (χ3v) is 3.70. The molecule has 0 saturated carbocycles. The smallest absolute Gasteiger partial charge is 0.335 e. The van der Waals surface area contributed by atoms with E-state index in [-0.39, 0.29) is 23.4 Å². The zero-order chi connectivity index (χ0) is 17.3. The van der Waals surface area contributed by atoms with Crippen molar-refractivity contribution in [2.45, 2.75) is 12.5 Å². The molecular weight excluding hydrogens is 315 g/mol. The number of rotatable bonds is 4. The third kappa shape index (κ3) is 2.83. The van der Waals surface area contributed by atoms with Crippen LogP contribution in [0.5, 0.6) is 0 Å². The van der Waals surface area contributed by atoms with Crippen LogP contribution in [0.3, 0.4) is 0 Å². The van der Waals surface area contributed by atoms with Gasteiger partial charge in [-0.15, -0.1) is 0 Å². The first-order valence-electron chi connectivity index (χ1n) is 7.18. The van der Waals surface area contributed by atoms with Crippen LogP contribution in [0.15, 0.2) is 48.5 Å². The fraction of sp³-hybridized carbons (Fsp3) is 0.118. The molecule has 2 amide bonds. The molecule has 2 N–H and O–H groups in total. The van der Waals surface area contributed by atoms with Crippen molar-refractivity contribution >= 4 is 29.2 Å². The Morgan fingerprint density at radius 3 is 2.62 bits per heavy atom. The minimum absolute atomic E-state index is 0.0291. The lowest BCUT2D eigenvalue weighted by Crippen LogP contribution is -2.35. The normalized spacial score (nSPS) is 17.2. The second-order valence-electron chi connectivity index (χ2n) is 5.30. The Labute approximate surface area is 136 Å². The Bertz CT molecular complexity index is 837. The standard InChI is InChI=1S/C17H13FN2O4/c18-12-6-1-2-7-13(12)19-14-9-15(21)20(16(14)22)11-5-3-4-10(8-11)17(23)24/h1-8,14,19H,9H2,(H,23,24)/t14-/m0/s1. The number of carboxylic acids is 1. The first-order valence-corrected chi connectivity index (χ1v) is 7.18. The fourth-order valence-electron chi connectivity index (χ4n) is 2.56. The van der Waals surface area contributed by atoms with Gasteiger partial charge in [-0.05, 0) is 30.3 Å². The SMILES string of the molecule is O=C(O)c1cccc(N2C(=O)C[C@H](Nc3ccccc3F)C2=O)c1. The van der Waals surface area contributed by atoms with Crippen LogP contribution in [0, 0.1) is 5.82 Å². The van der Waals surface area contributed by atoms with Gasteiger partial charge in [-0.2, -0.15) is 0 Å². The predicted octanol–water partition coefficient (Wildman–Crippen LogP) is 2.27.